The number of benzene rings is 1. The van der Waals surface area contributed by atoms with Crippen molar-refractivity contribution in [2.75, 3.05) is 0 Å². The molecule has 0 amide bonds. The summed E-state index contributed by atoms with van der Waals surface area (Å²) in [5.41, 5.74) is 1.14. The molecule has 0 fully saturated rings. The quantitative estimate of drug-likeness (QED) is 0.635. The molecule has 2 aromatic heterocycles. The first-order valence-electron chi connectivity index (χ1n) is 5.19. The molecule has 2 heterocycles. The number of rotatable bonds is 1. The van der Waals surface area contributed by atoms with Crippen LogP contribution in [-0.2, 0) is 0 Å². The monoisotopic (exact) mass is 279 g/mol. The van der Waals surface area contributed by atoms with Crippen LogP contribution >= 0.6 is 22.9 Å². The van der Waals surface area contributed by atoms with Gasteiger partial charge in [-0.3, -0.25) is 0 Å². The summed E-state index contributed by atoms with van der Waals surface area (Å²) >= 11 is 7.51. The number of nitrogens with zero attached hydrogens (tertiary/aromatic N) is 3. The number of hydrogen-bond acceptors (Lipinski definition) is 4. The summed E-state index contributed by atoms with van der Waals surface area (Å²) in [6.45, 7) is 1.90. The van der Waals surface area contributed by atoms with Gasteiger partial charge in [0, 0.05) is 5.38 Å². The molecule has 0 aliphatic carbocycles. The summed E-state index contributed by atoms with van der Waals surface area (Å²) in [4.78, 5) is 12.7. The minimum Gasteiger partial charge on any atom is -0.238 e. The third kappa shape index (κ3) is 1.85. The van der Waals surface area contributed by atoms with Crippen molar-refractivity contribution in [1.29, 1.82) is 0 Å². The highest BCUT2D eigenvalue weighted by Gasteiger charge is 2.12. The lowest BCUT2D eigenvalue weighted by Gasteiger charge is -2.03. The Morgan fingerprint density at radius 2 is 2.06 bits per heavy atom. The van der Waals surface area contributed by atoms with E-state index in [1.54, 1.807) is 12.1 Å². The summed E-state index contributed by atoms with van der Waals surface area (Å²) in [5, 5.41) is 3.13. The lowest BCUT2D eigenvalue weighted by Crippen LogP contribution is -1.94. The minimum absolute atomic E-state index is 0.110. The molecule has 3 rings (SSSR count). The van der Waals surface area contributed by atoms with Gasteiger partial charge in [0.1, 0.15) is 16.7 Å². The number of thiazole rings is 1. The van der Waals surface area contributed by atoms with Gasteiger partial charge in [0.05, 0.1) is 15.9 Å². The van der Waals surface area contributed by atoms with Crippen LogP contribution in [0.5, 0.6) is 0 Å². The first-order chi connectivity index (χ1) is 8.65. The van der Waals surface area contributed by atoms with Crippen molar-refractivity contribution in [3.8, 4) is 11.5 Å². The zero-order valence-corrected chi connectivity index (χ0v) is 10.9. The molecular weight excluding hydrogens is 273 g/mol. The van der Waals surface area contributed by atoms with Crippen LogP contribution in [0.4, 0.5) is 4.39 Å². The topological polar surface area (TPSA) is 38.7 Å². The van der Waals surface area contributed by atoms with Crippen molar-refractivity contribution in [2.24, 2.45) is 0 Å². The van der Waals surface area contributed by atoms with E-state index in [1.165, 1.54) is 17.4 Å². The Bertz CT molecular complexity index is 741. The molecule has 1 aromatic carbocycles. The Morgan fingerprint density at radius 3 is 2.78 bits per heavy atom. The van der Waals surface area contributed by atoms with Crippen molar-refractivity contribution in [3.63, 3.8) is 0 Å². The van der Waals surface area contributed by atoms with Crippen LogP contribution in [0.15, 0.2) is 23.6 Å². The second-order valence-corrected chi connectivity index (χ2v) is 5.14. The average Bonchev–Trinajstić information content (AvgIpc) is 2.75. The molecule has 90 valence electrons. The zero-order chi connectivity index (χ0) is 12.7. The van der Waals surface area contributed by atoms with Crippen molar-refractivity contribution in [3.05, 3.63) is 39.6 Å². The van der Waals surface area contributed by atoms with Gasteiger partial charge in [0.2, 0.25) is 0 Å². The molecule has 18 heavy (non-hydrogen) atoms. The van der Waals surface area contributed by atoms with Crippen LogP contribution < -0.4 is 0 Å². The van der Waals surface area contributed by atoms with E-state index in [0.29, 0.717) is 17.0 Å². The largest absolute Gasteiger partial charge is 0.238 e. The number of aromatic nitrogens is 3. The van der Waals surface area contributed by atoms with Gasteiger partial charge in [0.15, 0.2) is 5.82 Å². The number of halogens is 2. The maximum Gasteiger partial charge on any atom is 0.181 e. The molecule has 0 atom stereocenters. The average molecular weight is 280 g/mol. The van der Waals surface area contributed by atoms with Crippen molar-refractivity contribution < 1.29 is 4.39 Å². The fourth-order valence-electron chi connectivity index (χ4n) is 1.68. The molecule has 0 saturated carbocycles. The molecule has 0 N–H and O–H groups in total. The summed E-state index contributed by atoms with van der Waals surface area (Å²) in [6, 6.07) is 4.63. The van der Waals surface area contributed by atoms with E-state index >= 15 is 0 Å². The molecule has 0 saturated heterocycles. The van der Waals surface area contributed by atoms with E-state index in [0.717, 1.165) is 5.01 Å². The molecular formula is C12H7ClFN3S. The molecule has 3 aromatic rings. The van der Waals surface area contributed by atoms with E-state index in [9.17, 15) is 4.39 Å². The SMILES string of the molecule is Cc1nc(-c2nc(Cl)c3c(F)cccc3n2)cs1. The van der Waals surface area contributed by atoms with Crippen LogP contribution in [0.1, 0.15) is 5.01 Å². The summed E-state index contributed by atoms with van der Waals surface area (Å²) in [6.07, 6.45) is 0. The standard InChI is InChI=1S/C12H7ClFN3S/c1-6-15-9(5-18-6)12-16-8-4-2-3-7(14)10(8)11(13)17-12/h2-5H,1H3. The normalized spacial score (nSPS) is 11.1. The highest BCUT2D eigenvalue weighted by atomic mass is 35.5. The van der Waals surface area contributed by atoms with Gasteiger partial charge in [-0.05, 0) is 19.1 Å². The van der Waals surface area contributed by atoms with Gasteiger partial charge in [-0.25, -0.2) is 19.3 Å². The Kier molecular flexibility index (Phi) is 2.72. The minimum atomic E-state index is -0.418. The fourth-order valence-corrected chi connectivity index (χ4v) is 2.54. The summed E-state index contributed by atoms with van der Waals surface area (Å²) in [5.74, 6) is 0.000887. The van der Waals surface area contributed by atoms with Crippen LogP contribution in [0.25, 0.3) is 22.4 Å². The van der Waals surface area contributed by atoms with E-state index in [2.05, 4.69) is 15.0 Å². The summed E-state index contributed by atoms with van der Waals surface area (Å²) in [7, 11) is 0. The molecule has 0 aliphatic heterocycles. The van der Waals surface area contributed by atoms with Crippen molar-refractivity contribution >= 4 is 33.8 Å². The number of hydrogen-bond donors (Lipinski definition) is 0. The Hall–Kier alpha value is -1.59. The number of fused-ring (bicyclic) bond motifs is 1. The second-order valence-electron chi connectivity index (χ2n) is 3.72. The van der Waals surface area contributed by atoms with Gasteiger partial charge in [0.25, 0.3) is 0 Å². The number of aryl methyl sites for hydroxylation is 1. The van der Waals surface area contributed by atoms with Crippen LogP contribution in [0, 0.1) is 12.7 Å². The van der Waals surface area contributed by atoms with Gasteiger partial charge < -0.3 is 0 Å². The van der Waals surface area contributed by atoms with Gasteiger partial charge >= 0.3 is 0 Å². The molecule has 6 heteroatoms. The highest BCUT2D eigenvalue weighted by molar-refractivity contribution is 7.09. The Labute approximate surface area is 111 Å². The first kappa shape index (κ1) is 11.5. The molecule has 0 radical (unpaired) electrons. The van der Waals surface area contributed by atoms with Crippen molar-refractivity contribution in [1.82, 2.24) is 15.0 Å². The molecule has 0 bridgehead atoms. The molecule has 0 aliphatic rings. The van der Waals surface area contributed by atoms with Crippen molar-refractivity contribution in [2.45, 2.75) is 6.92 Å². The van der Waals surface area contributed by atoms with Crippen LogP contribution in [0.3, 0.4) is 0 Å². The van der Waals surface area contributed by atoms with Crippen LogP contribution in [-0.4, -0.2) is 15.0 Å². The first-order valence-corrected chi connectivity index (χ1v) is 6.45. The predicted octanol–water partition coefficient (Wildman–Crippen LogP) is 3.85. The van der Waals surface area contributed by atoms with Gasteiger partial charge in [-0.2, -0.15) is 0 Å². The fraction of sp³-hybridized carbons (Fsp3) is 0.0833. The maximum absolute atomic E-state index is 13.6. The predicted molar refractivity (Wildman–Crippen MR) is 70.4 cm³/mol. The third-order valence-corrected chi connectivity index (χ3v) is 3.52. The highest BCUT2D eigenvalue weighted by Crippen LogP contribution is 2.27. The molecule has 0 spiro atoms. The van der Waals surface area contributed by atoms with E-state index < -0.39 is 5.82 Å². The van der Waals surface area contributed by atoms with E-state index in [-0.39, 0.29) is 10.5 Å². The Balaban J connectivity index is 2.28. The second kappa shape index (κ2) is 4.26. The lowest BCUT2D eigenvalue weighted by molar-refractivity contribution is 0.639. The third-order valence-electron chi connectivity index (χ3n) is 2.48. The van der Waals surface area contributed by atoms with E-state index in [1.807, 2.05) is 12.3 Å². The zero-order valence-electron chi connectivity index (χ0n) is 9.32. The molecule has 3 nitrogen and oxygen atoms in total. The summed E-state index contributed by atoms with van der Waals surface area (Å²) < 4.78 is 13.6. The van der Waals surface area contributed by atoms with E-state index in [4.69, 9.17) is 11.6 Å². The lowest BCUT2D eigenvalue weighted by atomic mass is 10.2. The molecule has 0 unspecified atom stereocenters. The van der Waals surface area contributed by atoms with Gasteiger partial charge in [-0.1, -0.05) is 17.7 Å². The Morgan fingerprint density at radius 1 is 1.22 bits per heavy atom. The van der Waals surface area contributed by atoms with Crippen LogP contribution in [0.2, 0.25) is 5.15 Å². The maximum atomic E-state index is 13.6. The van der Waals surface area contributed by atoms with Gasteiger partial charge in [-0.15, -0.1) is 11.3 Å². The smallest absolute Gasteiger partial charge is 0.181 e.